The summed E-state index contributed by atoms with van der Waals surface area (Å²) in [7, 11) is 0. The molecule has 0 nitrogen and oxygen atoms in total. The van der Waals surface area contributed by atoms with Gasteiger partial charge in [-0.15, -0.1) is 6.58 Å². The highest BCUT2D eigenvalue weighted by atomic mass is 31.2. The van der Waals surface area contributed by atoms with Gasteiger partial charge in [0.1, 0.15) is 0 Å². The lowest BCUT2D eigenvalue weighted by Crippen LogP contribution is -2.26. The van der Waals surface area contributed by atoms with Gasteiger partial charge in [0, 0.05) is 0 Å². The molecule has 0 bridgehead atoms. The van der Waals surface area contributed by atoms with Crippen LogP contribution in [0.5, 0.6) is 0 Å². The Morgan fingerprint density at radius 2 is 0.962 bits per heavy atom. The van der Waals surface area contributed by atoms with E-state index in [-0.39, 0.29) is 0 Å². The molecule has 3 aromatic carbocycles. The third kappa shape index (κ3) is 4.09. The van der Waals surface area contributed by atoms with E-state index in [4.69, 9.17) is 0 Å². The molecular formula is C25H27P. The molecule has 0 aliphatic carbocycles. The summed E-state index contributed by atoms with van der Waals surface area (Å²) in [6, 6.07) is 33.1. The van der Waals surface area contributed by atoms with Gasteiger partial charge in [-0.05, 0) is 48.5 Å². The van der Waals surface area contributed by atoms with Crippen molar-refractivity contribution in [3.05, 3.63) is 104 Å². The summed E-state index contributed by atoms with van der Waals surface area (Å²) in [5.41, 5.74) is 0. The van der Waals surface area contributed by atoms with Gasteiger partial charge in [0.15, 0.2) is 0 Å². The number of rotatable bonds is 8. The first kappa shape index (κ1) is 18.5. The maximum absolute atomic E-state index is 3.85. The molecule has 0 atom stereocenters. The summed E-state index contributed by atoms with van der Waals surface area (Å²) in [4.78, 5) is 0. The fraction of sp³-hybridized carbons (Fsp3) is 0.160. The number of hydrogen-bond donors (Lipinski definition) is 0. The van der Waals surface area contributed by atoms with Gasteiger partial charge < -0.3 is 0 Å². The molecule has 0 amide bonds. The second-order valence-electron chi connectivity index (χ2n) is 6.49. The van der Waals surface area contributed by atoms with Crippen LogP contribution in [0.4, 0.5) is 0 Å². The fourth-order valence-corrected chi connectivity index (χ4v) is 7.49. The van der Waals surface area contributed by atoms with E-state index in [0.717, 1.165) is 12.8 Å². The van der Waals surface area contributed by atoms with Gasteiger partial charge in [0.2, 0.25) is 0 Å². The van der Waals surface area contributed by atoms with Gasteiger partial charge in [-0.3, -0.25) is 0 Å². The molecule has 3 aromatic rings. The Morgan fingerprint density at radius 3 is 1.35 bits per heavy atom. The molecule has 0 saturated heterocycles. The third-order valence-corrected chi connectivity index (χ3v) is 8.90. The Bertz CT molecular complexity index is 745. The van der Waals surface area contributed by atoms with Crippen LogP contribution < -0.4 is 15.9 Å². The predicted octanol–water partition coefficient (Wildman–Crippen LogP) is 5.53. The molecule has 0 heterocycles. The highest BCUT2D eigenvalue weighted by Gasteiger charge is 2.24. The maximum Gasteiger partial charge on any atom is -0.0163 e. The summed E-state index contributed by atoms with van der Waals surface area (Å²) in [6.07, 6.45) is 6.66. The second kappa shape index (κ2) is 9.41. The summed E-state index contributed by atoms with van der Waals surface area (Å²) in [5.74, 6) is 2.62. The third-order valence-electron chi connectivity index (χ3n) is 4.76. The quantitative estimate of drug-likeness (QED) is 0.282. The van der Waals surface area contributed by atoms with Gasteiger partial charge in [-0.1, -0.05) is 103 Å². The molecule has 0 radical (unpaired) electrons. The predicted molar refractivity (Wildman–Crippen MR) is 120 cm³/mol. The van der Waals surface area contributed by atoms with E-state index in [1.165, 1.54) is 28.8 Å². The van der Waals surface area contributed by atoms with Crippen LogP contribution in [0.25, 0.3) is 0 Å². The Morgan fingerprint density at radius 1 is 0.577 bits per heavy atom. The van der Waals surface area contributed by atoms with E-state index in [2.05, 4.69) is 103 Å². The first-order chi connectivity index (χ1) is 12.9. The first-order valence-corrected chi connectivity index (χ1v) is 11.2. The molecule has 26 heavy (non-hydrogen) atoms. The molecular weight excluding hydrogens is 331 g/mol. The van der Waals surface area contributed by atoms with Crippen molar-refractivity contribution >= 4 is 28.6 Å². The highest BCUT2D eigenvalue weighted by molar-refractivity contribution is 7.94. The first-order valence-electron chi connectivity index (χ1n) is 9.39. The van der Waals surface area contributed by atoms with Gasteiger partial charge >= 0.3 is 0 Å². The molecule has 1 heteroatoms. The maximum atomic E-state index is 3.85. The molecule has 0 saturated carbocycles. The van der Waals surface area contributed by atoms with Crippen LogP contribution in [-0.2, 0) is 0 Å². The minimum Gasteiger partial charge on any atom is -0.103 e. The molecule has 0 aromatic heterocycles. The van der Waals surface area contributed by atoms with Crippen molar-refractivity contribution in [3.8, 4) is 0 Å². The van der Waals surface area contributed by atoms with E-state index < -0.39 is 6.89 Å². The van der Waals surface area contributed by atoms with Crippen molar-refractivity contribution in [2.75, 3.05) is 0 Å². The smallest absolute Gasteiger partial charge is 0.0163 e. The van der Waals surface area contributed by atoms with Crippen molar-refractivity contribution in [1.29, 1.82) is 0 Å². The standard InChI is InChI=1S/C25H27P/c1-2-3-4-5-15-22-26(23-16-9-6-10-17-23,24-18-11-7-12-19-24)25-20-13-8-14-21-25/h2,6-14,16-22H,1,3-5,15H2. The highest BCUT2D eigenvalue weighted by Crippen LogP contribution is 2.44. The van der Waals surface area contributed by atoms with Crippen molar-refractivity contribution < 1.29 is 0 Å². The fourth-order valence-electron chi connectivity index (χ4n) is 3.47. The van der Waals surface area contributed by atoms with Crippen molar-refractivity contribution in [3.63, 3.8) is 0 Å². The molecule has 3 rings (SSSR count). The largest absolute Gasteiger partial charge is 0.103 e. The molecule has 0 fully saturated rings. The molecule has 0 unspecified atom stereocenters. The van der Waals surface area contributed by atoms with Gasteiger partial charge in [-0.2, -0.15) is 0 Å². The van der Waals surface area contributed by atoms with E-state index in [9.17, 15) is 0 Å². The Hall–Kier alpha value is -2.30. The van der Waals surface area contributed by atoms with E-state index >= 15 is 0 Å². The van der Waals surface area contributed by atoms with Gasteiger partial charge in [0.05, 0.1) is 0 Å². The van der Waals surface area contributed by atoms with Gasteiger partial charge in [-0.25, -0.2) is 0 Å². The summed E-state index contributed by atoms with van der Waals surface area (Å²) in [6.45, 7) is 2.09. The summed E-state index contributed by atoms with van der Waals surface area (Å²) < 4.78 is 0. The van der Waals surface area contributed by atoms with Crippen molar-refractivity contribution in [2.24, 2.45) is 0 Å². The molecule has 0 N–H and O–H groups in total. The minimum atomic E-state index is -1.75. The van der Waals surface area contributed by atoms with Crippen LogP contribution >= 0.6 is 6.89 Å². The molecule has 132 valence electrons. The lowest BCUT2D eigenvalue weighted by molar-refractivity contribution is 0.786. The number of allylic oxidation sites excluding steroid dienone is 1. The zero-order chi connectivity index (χ0) is 18.1. The van der Waals surface area contributed by atoms with Gasteiger partial charge in [0.25, 0.3) is 0 Å². The Balaban J connectivity index is 2.18. The minimum absolute atomic E-state index is 1.10. The summed E-state index contributed by atoms with van der Waals surface area (Å²) >= 11 is 0. The summed E-state index contributed by atoms with van der Waals surface area (Å²) in [5, 5.41) is 4.29. The molecule has 0 aliphatic heterocycles. The van der Waals surface area contributed by atoms with Crippen LogP contribution in [0.3, 0.4) is 0 Å². The molecule has 0 spiro atoms. The topological polar surface area (TPSA) is 0 Å². The Kier molecular flexibility index (Phi) is 6.69. The number of unbranched alkanes of at least 4 members (excludes halogenated alkanes) is 3. The van der Waals surface area contributed by atoms with Crippen LogP contribution in [0.1, 0.15) is 25.7 Å². The SMILES string of the molecule is C=CCCCCC=P(c1ccccc1)(c1ccccc1)c1ccccc1. The van der Waals surface area contributed by atoms with Crippen molar-refractivity contribution in [1.82, 2.24) is 0 Å². The van der Waals surface area contributed by atoms with Crippen LogP contribution in [0.15, 0.2) is 104 Å². The van der Waals surface area contributed by atoms with Crippen LogP contribution in [0.2, 0.25) is 0 Å². The second-order valence-corrected chi connectivity index (χ2v) is 9.84. The van der Waals surface area contributed by atoms with Crippen molar-refractivity contribution in [2.45, 2.75) is 25.7 Å². The average Bonchev–Trinajstić information content (AvgIpc) is 2.73. The van der Waals surface area contributed by atoms with E-state index in [0.29, 0.717) is 0 Å². The van der Waals surface area contributed by atoms with Crippen LogP contribution in [-0.4, -0.2) is 5.80 Å². The average molecular weight is 358 g/mol. The monoisotopic (exact) mass is 358 g/mol. The lowest BCUT2D eigenvalue weighted by Gasteiger charge is -2.29. The number of hydrogen-bond acceptors (Lipinski definition) is 0. The Labute approximate surface area is 158 Å². The van der Waals surface area contributed by atoms with Crippen LogP contribution in [0, 0.1) is 0 Å². The zero-order valence-corrected chi connectivity index (χ0v) is 16.2. The van der Waals surface area contributed by atoms with E-state index in [1.54, 1.807) is 0 Å². The lowest BCUT2D eigenvalue weighted by atomic mass is 10.2. The number of benzene rings is 3. The zero-order valence-electron chi connectivity index (χ0n) is 15.3. The van der Waals surface area contributed by atoms with E-state index in [1.807, 2.05) is 6.08 Å². The normalized spacial score (nSPS) is 11.1. The molecule has 0 aliphatic rings.